The van der Waals surface area contributed by atoms with Crippen molar-refractivity contribution in [1.29, 1.82) is 0 Å². The number of rotatable bonds is 9. The summed E-state index contributed by atoms with van der Waals surface area (Å²) in [5, 5.41) is 0.611. The zero-order valence-electron chi connectivity index (χ0n) is 15.9. The Hall–Kier alpha value is -1.85. The molecular formula is C21H27ClN2O3. The minimum atomic E-state index is -0.210. The molecule has 0 atom stereocenters. The fourth-order valence-electron chi connectivity index (χ4n) is 3.55. The molecule has 1 aromatic rings. The molecule has 0 bridgehead atoms. The number of imide groups is 1. The Morgan fingerprint density at radius 2 is 1.67 bits per heavy atom. The average molecular weight is 391 g/mol. The molecule has 0 aliphatic carbocycles. The van der Waals surface area contributed by atoms with E-state index in [9.17, 15) is 9.59 Å². The minimum Gasteiger partial charge on any atom is -0.381 e. The van der Waals surface area contributed by atoms with Crippen LogP contribution in [0.25, 0.3) is 5.57 Å². The van der Waals surface area contributed by atoms with Crippen LogP contribution in [0.4, 0.5) is 0 Å². The van der Waals surface area contributed by atoms with Gasteiger partial charge in [-0.05, 0) is 43.4 Å². The molecule has 6 heteroatoms. The maximum absolute atomic E-state index is 13.1. The number of benzene rings is 1. The van der Waals surface area contributed by atoms with Crippen molar-refractivity contribution >= 4 is 29.0 Å². The van der Waals surface area contributed by atoms with Crippen LogP contribution in [0.3, 0.4) is 0 Å². The van der Waals surface area contributed by atoms with Crippen LogP contribution in [-0.4, -0.2) is 54.5 Å². The van der Waals surface area contributed by atoms with Gasteiger partial charge in [-0.3, -0.25) is 14.5 Å². The Bertz CT molecular complexity index is 709. The van der Waals surface area contributed by atoms with Gasteiger partial charge in [0.05, 0.1) is 5.57 Å². The first-order valence-electron chi connectivity index (χ1n) is 9.82. The first-order valence-corrected chi connectivity index (χ1v) is 10.2. The number of carbonyl (C=O) groups excluding carboxylic acids is 2. The second kappa shape index (κ2) is 9.38. The van der Waals surface area contributed by atoms with Crippen LogP contribution >= 0.6 is 11.6 Å². The number of nitrogens with zero attached hydrogens (tertiary/aromatic N) is 2. The van der Waals surface area contributed by atoms with Crippen molar-refractivity contribution in [2.45, 2.75) is 39.0 Å². The van der Waals surface area contributed by atoms with E-state index >= 15 is 0 Å². The topological polar surface area (TPSA) is 49.9 Å². The molecule has 0 aromatic heterocycles. The van der Waals surface area contributed by atoms with Gasteiger partial charge in [-0.2, -0.15) is 0 Å². The Labute approximate surface area is 165 Å². The molecule has 0 N–H and O–H groups in total. The molecule has 0 radical (unpaired) electrons. The Morgan fingerprint density at radius 1 is 1.00 bits per heavy atom. The summed E-state index contributed by atoms with van der Waals surface area (Å²) in [6.07, 6.45) is 4.87. The van der Waals surface area contributed by atoms with E-state index in [1.807, 2.05) is 12.1 Å². The lowest BCUT2D eigenvalue weighted by Gasteiger charge is -2.20. The standard InChI is InChI=1S/C21H27ClN2O3/c1-2-3-14-27-15-6-13-24-20(25)18(16-7-9-17(22)10-8-16)19(21(24)26)23-11-4-5-12-23/h7-10H,2-6,11-15H2,1H3. The zero-order chi connectivity index (χ0) is 19.2. The van der Waals surface area contributed by atoms with Gasteiger partial charge in [-0.25, -0.2) is 0 Å². The molecule has 0 unspecified atom stereocenters. The molecule has 1 fully saturated rings. The Kier molecular flexibility index (Phi) is 6.91. The number of ether oxygens (including phenoxy) is 1. The van der Waals surface area contributed by atoms with E-state index in [4.69, 9.17) is 16.3 Å². The van der Waals surface area contributed by atoms with Gasteiger partial charge in [0.2, 0.25) is 0 Å². The monoisotopic (exact) mass is 390 g/mol. The summed E-state index contributed by atoms with van der Waals surface area (Å²) in [5.41, 5.74) is 1.80. The highest BCUT2D eigenvalue weighted by atomic mass is 35.5. The lowest BCUT2D eigenvalue weighted by atomic mass is 10.0. The molecule has 27 heavy (non-hydrogen) atoms. The second-order valence-corrected chi connectivity index (χ2v) is 7.44. The smallest absolute Gasteiger partial charge is 0.277 e. The minimum absolute atomic E-state index is 0.180. The predicted molar refractivity (Wildman–Crippen MR) is 106 cm³/mol. The first kappa shape index (κ1) is 19.9. The van der Waals surface area contributed by atoms with Gasteiger partial charge in [0.1, 0.15) is 5.70 Å². The van der Waals surface area contributed by atoms with Gasteiger partial charge in [0, 0.05) is 37.9 Å². The van der Waals surface area contributed by atoms with E-state index in [0.29, 0.717) is 35.9 Å². The number of likely N-dealkylation sites (tertiary alicyclic amines) is 1. The summed E-state index contributed by atoms with van der Waals surface area (Å²) in [4.78, 5) is 29.6. The zero-order valence-corrected chi connectivity index (χ0v) is 16.6. The van der Waals surface area contributed by atoms with E-state index in [-0.39, 0.29) is 11.8 Å². The summed E-state index contributed by atoms with van der Waals surface area (Å²) in [6, 6.07) is 7.15. The van der Waals surface area contributed by atoms with E-state index in [1.54, 1.807) is 12.1 Å². The van der Waals surface area contributed by atoms with Gasteiger partial charge < -0.3 is 9.64 Å². The van der Waals surface area contributed by atoms with Gasteiger partial charge in [-0.1, -0.05) is 37.1 Å². The number of hydrogen-bond donors (Lipinski definition) is 0. The largest absolute Gasteiger partial charge is 0.381 e. The SMILES string of the molecule is CCCCOCCCN1C(=O)C(c2ccc(Cl)cc2)=C(N2CCCC2)C1=O. The van der Waals surface area contributed by atoms with Crippen LogP contribution in [0.5, 0.6) is 0 Å². The van der Waals surface area contributed by atoms with Gasteiger partial charge in [0.25, 0.3) is 11.8 Å². The van der Waals surface area contributed by atoms with E-state index in [2.05, 4.69) is 11.8 Å². The van der Waals surface area contributed by atoms with Crippen molar-refractivity contribution < 1.29 is 14.3 Å². The average Bonchev–Trinajstić information content (AvgIpc) is 3.27. The summed E-state index contributed by atoms with van der Waals surface area (Å²) >= 11 is 5.99. The van der Waals surface area contributed by atoms with Gasteiger partial charge in [-0.15, -0.1) is 0 Å². The summed E-state index contributed by atoms with van der Waals surface area (Å²) < 4.78 is 5.57. The van der Waals surface area contributed by atoms with Crippen molar-refractivity contribution in [2.24, 2.45) is 0 Å². The third-order valence-corrected chi connectivity index (χ3v) is 5.26. The molecule has 146 valence electrons. The van der Waals surface area contributed by atoms with Crippen molar-refractivity contribution in [3.8, 4) is 0 Å². The number of unbranched alkanes of at least 4 members (excludes halogenated alkanes) is 1. The third kappa shape index (κ3) is 4.53. The molecule has 0 spiro atoms. The van der Waals surface area contributed by atoms with E-state index in [0.717, 1.165) is 50.9 Å². The van der Waals surface area contributed by atoms with Crippen LogP contribution < -0.4 is 0 Å². The van der Waals surface area contributed by atoms with E-state index in [1.165, 1.54) is 4.90 Å². The summed E-state index contributed by atoms with van der Waals surface area (Å²) in [5.74, 6) is -0.391. The van der Waals surface area contributed by atoms with Crippen molar-refractivity contribution in [1.82, 2.24) is 9.80 Å². The molecule has 1 aromatic carbocycles. The fraction of sp³-hybridized carbons (Fsp3) is 0.524. The maximum Gasteiger partial charge on any atom is 0.277 e. The molecule has 2 aliphatic rings. The number of halogens is 1. The van der Waals surface area contributed by atoms with Gasteiger partial charge >= 0.3 is 0 Å². The molecule has 5 nitrogen and oxygen atoms in total. The van der Waals surface area contributed by atoms with Crippen molar-refractivity contribution in [3.63, 3.8) is 0 Å². The third-order valence-electron chi connectivity index (χ3n) is 5.01. The summed E-state index contributed by atoms with van der Waals surface area (Å²) in [7, 11) is 0. The normalized spacial score (nSPS) is 17.6. The highest BCUT2D eigenvalue weighted by Gasteiger charge is 2.41. The highest BCUT2D eigenvalue weighted by Crippen LogP contribution is 2.33. The molecule has 1 saturated heterocycles. The van der Waals surface area contributed by atoms with Crippen LogP contribution in [0.2, 0.25) is 5.02 Å². The molecule has 2 aliphatic heterocycles. The highest BCUT2D eigenvalue weighted by molar-refractivity contribution is 6.36. The molecule has 0 saturated carbocycles. The van der Waals surface area contributed by atoms with Crippen LogP contribution in [-0.2, 0) is 14.3 Å². The number of carbonyl (C=O) groups is 2. The number of amides is 2. The Balaban J connectivity index is 1.76. The van der Waals surface area contributed by atoms with E-state index < -0.39 is 0 Å². The molecular weight excluding hydrogens is 364 g/mol. The summed E-state index contributed by atoms with van der Waals surface area (Å²) in [6.45, 7) is 5.43. The van der Waals surface area contributed by atoms with Crippen LogP contribution in [0, 0.1) is 0 Å². The van der Waals surface area contributed by atoms with Crippen molar-refractivity contribution in [2.75, 3.05) is 32.8 Å². The molecule has 2 heterocycles. The van der Waals surface area contributed by atoms with Crippen LogP contribution in [0.1, 0.15) is 44.6 Å². The second-order valence-electron chi connectivity index (χ2n) is 7.01. The van der Waals surface area contributed by atoms with Crippen molar-refractivity contribution in [3.05, 3.63) is 40.5 Å². The quantitative estimate of drug-likeness (QED) is 0.476. The fourth-order valence-corrected chi connectivity index (χ4v) is 3.68. The number of hydrogen-bond acceptors (Lipinski definition) is 4. The lowest BCUT2D eigenvalue weighted by molar-refractivity contribution is -0.137. The molecule has 3 rings (SSSR count). The Morgan fingerprint density at radius 3 is 2.33 bits per heavy atom. The van der Waals surface area contributed by atoms with Crippen LogP contribution in [0.15, 0.2) is 30.0 Å². The predicted octanol–water partition coefficient (Wildman–Crippen LogP) is 3.72. The van der Waals surface area contributed by atoms with Gasteiger partial charge in [0.15, 0.2) is 0 Å². The molecule has 2 amide bonds. The maximum atomic E-state index is 13.1. The first-order chi connectivity index (χ1) is 13.1. The lowest BCUT2D eigenvalue weighted by Crippen LogP contribution is -2.35.